The van der Waals surface area contributed by atoms with E-state index < -0.39 is 0 Å². The van der Waals surface area contributed by atoms with Crippen molar-refractivity contribution in [3.05, 3.63) is 53.6 Å². The lowest BCUT2D eigenvalue weighted by molar-refractivity contribution is -0.115. The van der Waals surface area contributed by atoms with Gasteiger partial charge in [-0.15, -0.1) is 0 Å². The van der Waals surface area contributed by atoms with Crippen LogP contribution in [0.15, 0.2) is 42.5 Å². The van der Waals surface area contributed by atoms with Crippen LogP contribution in [0.4, 0.5) is 5.13 Å². The first-order valence-electron chi connectivity index (χ1n) is 6.94. The fraction of sp³-hybridized carbons (Fsp3) is 0.176. The number of nitrogens with one attached hydrogen (secondary N) is 1. The minimum Gasteiger partial charge on any atom is -0.496 e. The molecule has 0 aliphatic rings. The highest BCUT2D eigenvalue weighted by Crippen LogP contribution is 2.25. The summed E-state index contributed by atoms with van der Waals surface area (Å²) in [5, 5.41) is 3.50. The maximum absolute atomic E-state index is 12.1. The number of benzene rings is 2. The van der Waals surface area contributed by atoms with Crippen molar-refractivity contribution in [3.63, 3.8) is 0 Å². The van der Waals surface area contributed by atoms with Gasteiger partial charge in [0, 0.05) is 0 Å². The zero-order chi connectivity index (χ0) is 15.5. The summed E-state index contributed by atoms with van der Waals surface area (Å²) in [6.07, 6.45) is 0.320. The zero-order valence-corrected chi connectivity index (χ0v) is 13.2. The third-order valence-electron chi connectivity index (χ3n) is 3.36. The second-order valence-corrected chi connectivity index (χ2v) is 6.05. The van der Waals surface area contributed by atoms with E-state index in [1.54, 1.807) is 7.11 Å². The molecule has 0 saturated heterocycles. The van der Waals surface area contributed by atoms with E-state index in [2.05, 4.69) is 10.3 Å². The summed E-state index contributed by atoms with van der Waals surface area (Å²) in [5.74, 6) is 0.763. The van der Waals surface area contributed by atoms with E-state index in [4.69, 9.17) is 4.74 Å². The van der Waals surface area contributed by atoms with E-state index in [0.29, 0.717) is 11.6 Å². The van der Waals surface area contributed by atoms with Crippen molar-refractivity contribution < 1.29 is 9.53 Å². The molecule has 112 valence electrons. The van der Waals surface area contributed by atoms with Gasteiger partial charge in [0.1, 0.15) is 5.75 Å². The lowest BCUT2D eigenvalue weighted by Gasteiger charge is -2.07. The predicted molar refractivity (Wildman–Crippen MR) is 89.7 cm³/mol. The van der Waals surface area contributed by atoms with Crippen LogP contribution in [-0.2, 0) is 11.2 Å². The van der Waals surface area contributed by atoms with E-state index in [9.17, 15) is 4.79 Å². The van der Waals surface area contributed by atoms with Crippen molar-refractivity contribution >= 4 is 32.6 Å². The van der Waals surface area contributed by atoms with Gasteiger partial charge in [-0.25, -0.2) is 4.98 Å². The summed E-state index contributed by atoms with van der Waals surface area (Å²) in [7, 11) is 1.64. The fourth-order valence-electron chi connectivity index (χ4n) is 2.33. The average Bonchev–Trinajstić information content (AvgIpc) is 2.89. The third kappa shape index (κ3) is 3.09. The van der Waals surface area contributed by atoms with Gasteiger partial charge in [0.25, 0.3) is 0 Å². The summed E-state index contributed by atoms with van der Waals surface area (Å²) in [5.41, 5.74) is 2.88. The number of anilines is 1. The molecule has 0 spiro atoms. The summed E-state index contributed by atoms with van der Waals surface area (Å²) >= 11 is 1.48. The molecule has 0 bridgehead atoms. The molecule has 1 N–H and O–H groups in total. The van der Waals surface area contributed by atoms with Crippen molar-refractivity contribution in [1.82, 2.24) is 4.98 Å². The second kappa shape index (κ2) is 6.15. The predicted octanol–water partition coefficient (Wildman–Crippen LogP) is 3.79. The number of aromatic nitrogens is 1. The molecule has 3 rings (SSSR count). The molecule has 3 aromatic rings. The van der Waals surface area contributed by atoms with Gasteiger partial charge >= 0.3 is 0 Å². The van der Waals surface area contributed by atoms with Crippen molar-refractivity contribution in [1.29, 1.82) is 0 Å². The molecule has 0 fully saturated rings. The molecular weight excluding hydrogens is 296 g/mol. The molecule has 5 heteroatoms. The lowest BCUT2D eigenvalue weighted by atomic mass is 10.1. The first-order valence-corrected chi connectivity index (χ1v) is 7.76. The van der Waals surface area contributed by atoms with Gasteiger partial charge in [-0.2, -0.15) is 0 Å². The van der Waals surface area contributed by atoms with Crippen LogP contribution in [0.5, 0.6) is 5.75 Å². The standard InChI is InChI=1S/C17H16N2O2S/c1-11-9-12(7-8-14(11)21-2)10-16(20)19-17-18-13-5-3-4-6-15(13)22-17/h3-9H,10H2,1-2H3,(H,18,19,20). The van der Waals surface area contributed by atoms with Gasteiger partial charge < -0.3 is 10.1 Å². The number of rotatable bonds is 4. The van der Waals surface area contributed by atoms with Crippen LogP contribution in [0, 0.1) is 6.92 Å². The average molecular weight is 312 g/mol. The smallest absolute Gasteiger partial charge is 0.230 e. The summed E-state index contributed by atoms with van der Waals surface area (Å²) in [6.45, 7) is 1.97. The number of hydrogen-bond donors (Lipinski definition) is 1. The highest BCUT2D eigenvalue weighted by Gasteiger charge is 2.09. The number of para-hydroxylation sites is 1. The number of fused-ring (bicyclic) bond motifs is 1. The van der Waals surface area contributed by atoms with E-state index in [1.165, 1.54) is 11.3 Å². The Bertz CT molecular complexity index is 793. The van der Waals surface area contributed by atoms with E-state index in [1.807, 2.05) is 49.4 Å². The second-order valence-electron chi connectivity index (χ2n) is 5.02. The molecule has 0 saturated carbocycles. The van der Waals surface area contributed by atoms with Crippen molar-refractivity contribution in [2.45, 2.75) is 13.3 Å². The van der Waals surface area contributed by atoms with Crippen molar-refractivity contribution in [2.75, 3.05) is 12.4 Å². The normalized spacial score (nSPS) is 10.6. The van der Waals surface area contributed by atoms with Crippen LogP contribution in [-0.4, -0.2) is 18.0 Å². The Kier molecular flexibility index (Phi) is 4.06. The topological polar surface area (TPSA) is 51.2 Å². The highest BCUT2D eigenvalue weighted by atomic mass is 32.1. The molecule has 2 aromatic carbocycles. The molecule has 22 heavy (non-hydrogen) atoms. The lowest BCUT2D eigenvalue weighted by Crippen LogP contribution is -2.14. The van der Waals surface area contributed by atoms with Crippen LogP contribution in [0.2, 0.25) is 0 Å². The number of nitrogens with zero attached hydrogens (tertiary/aromatic N) is 1. The van der Waals surface area contributed by atoms with Gasteiger partial charge in [-0.05, 0) is 36.2 Å². The van der Waals surface area contributed by atoms with Crippen LogP contribution >= 0.6 is 11.3 Å². The summed E-state index contributed by atoms with van der Waals surface area (Å²) in [4.78, 5) is 16.6. The number of methoxy groups -OCH3 is 1. The number of aryl methyl sites for hydroxylation is 1. The zero-order valence-electron chi connectivity index (χ0n) is 12.4. The summed E-state index contributed by atoms with van der Waals surface area (Å²) < 4.78 is 6.29. The number of hydrogen-bond acceptors (Lipinski definition) is 4. The largest absolute Gasteiger partial charge is 0.496 e. The minimum absolute atomic E-state index is 0.0661. The molecule has 1 heterocycles. The Labute approximate surface area is 132 Å². The quantitative estimate of drug-likeness (QED) is 0.797. The first-order chi connectivity index (χ1) is 10.7. The van der Waals surface area contributed by atoms with Crippen LogP contribution in [0.25, 0.3) is 10.2 Å². The van der Waals surface area contributed by atoms with Crippen molar-refractivity contribution in [3.8, 4) is 5.75 Å². The van der Waals surface area contributed by atoms with Gasteiger partial charge in [0.15, 0.2) is 5.13 Å². The van der Waals surface area contributed by atoms with Gasteiger partial charge in [-0.1, -0.05) is 35.6 Å². The Balaban J connectivity index is 1.70. The third-order valence-corrected chi connectivity index (χ3v) is 4.32. The van der Waals surface area contributed by atoms with Gasteiger partial charge in [-0.3, -0.25) is 4.79 Å². The Morgan fingerprint density at radius 2 is 2.09 bits per heavy atom. The molecular formula is C17H16N2O2S. The first kappa shape index (κ1) is 14.5. The molecule has 0 atom stereocenters. The Morgan fingerprint density at radius 3 is 2.82 bits per heavy atom. The fourth-order valence-corrected chi connectivity index (χ4v) is 3.21. The molecule has 1 amide bonds. The Hall–Kier alpha value is -2.40. The molecule has 1 aromatic heterocycles. The van der Waals surface area contributed by atoms with E-state index in [-0.39, 0.29) is 5.91 Å². The number of carbonyl (C=O) groups excluding carboxylic acids is 1. The maximum Gasteiger partial charge on any atom is 0.230 e. The van der Waals surface area contributed by atoms with Gasteiger partial charge in [0.05, 0.1) is 23.7 Å². The number of carbonyl (C=O) groups is 1. The summed E-state index contributed by atoms with van der Waals surface area (Å²) in [6, 6.07) is 13.6. The maximum atomic E-state index is 12.1. The van der Waals surface area contributed by atoms with E-state index >= 15 is 0 Å². The SMILES string of the molecule is COc1ccc(CC(=O)Nc2nc3ccccc3s2)cc1C. The molecule has 0 unspecified atom stereocenters. The molecule has 0 aliphatic heterocycles. The van der Waals surface area contributed by atoms with Crippen LogP contribution in [0.1, 0.15) is 11.1 Å². The minimum atomic E-state index is -0.0661. The highest BCUT2D eigenvalue weighted by molar-refractivity contribution is 7.22. The van der Waals surface area contributed by atoms with Crippen LogP contribution in [0.3, 0.4) is 0 Å². The Morgan fingerprint density at radius 1 is 1.27 bits per heavy atom. The number of amides is 1. The molecule has 0 aliphatic carbocycles. The van der Waals surface area contributed by atoms with Crippen molar-refractivity contribution in [2.24, 2.45) is 0 Å². The van der Waals surface area contributed by atoms with Crippen LogP contribution < -0.4 is 10.1 Å². The number of thiazole rings is 1. The van der Waals surface area contributed by atoms with E-state index in [0.717, 1.165) is 27.1 Å². The number of ether oxygens (including phenoxy) is 1. The molecule has 4 nitrogen and oxygen atoms in total. The monoisotopic (exact) mass is 312 g/mol. The van der Waals surface area contributed by atoms with Gasteiger partial charge in [0.2, 0.25) is 5.91 Å². The molecule has 0 radical (unpaired) electrons.